The first-order valence-electron chi connectivity index (χ1n) is 9.36. The second-order valence-corrected chi connectivity index (χ2v) is 7.29. The minimum absolute atomic E-state index is 0.127. The van der Waals surface area contributed by atoms with Gasteiger partial charge in [-0.1, -0.05) is 37.5 Å². The van der Waals surface area contributed by atoms with Gasteiger partial charge in [-0.25, -0.2) is 0 Å². The number of hydrogen-bond acceptors (Lipinski definition) is 2. The minimum Gasteiger partial charge on any atom is -0.352 e. The normalized spacial score (nSPS) is 19.9. The zero-order valence-corrected chi connectivity index (χ0v) is 14.2. The summed E-state index contributed by atoms with van der Waals surface area (Å²) in [6, 6.07) is 6.74. The molecule has 3 rings (SSSR count). The Morgan fingerprint density at radius 1 is 1.09 bits per heavy atom. The van der Waals surface area contributed by atoms with Crippen LogP contribution >= 0.6 is 0 Å². The molecule has 0 heterocycles. The van der Waals surface area contributed by atoms with Crippen LogP contribution in [0.1, 0.15) is 61.6 Å². The zero-order chi connectivity index (χ0) is 16.1. The summed E-state index contributed by atoms with van der Waals surface area (Å²) in [5.41, 5.74) is 9.99. The van der Waals surface area contributed by atoms with E-state index in [1.807, 2.05) is 0 Å². The van der Waals surface area contributed by atoms with Crippen LogP contribution < -0.4 is 11.1 Å². The van der Waals surface area contributed by atoms with Crippen molar-refractivity contribution in [2.24, 2.45) is 11.7 Å². The van der Waals surface area contributed by atoms with Crippen molar-refractivity contribution in [1.82, 2.24) is 5.32 Å². The Hall–Kier alpha value is -1.35. The van der Waals surface area contributed by atoms with Crippen molar-refractivity contribution in [2.75, 3.05) is 6.54 Å². The van der Waals surface area contributed by atoms with Gasteiger partial charge in [-0.2, -0.15) is 0 Å². The lowest BCUT2D eigenvalue weighted by atomic mass is 9.84. The number of rotatable bonds is 5. The third kappa shape index (κ3) is 4.35. The topological polar surface area (TPSA) is 55.1 Å². The van der Waals surface area contributed by atoms with Crippen LogP contribution in [0.25, 0.3) is 0 Å². The Morgan fingerprint density at radius 2 is 1.83 bits per heavy atom. The Kier molecular flexibility index (Phi) is 5.71. The SMILES string of the molecule is NC[C@H](NC(=O)Cc1ccc2c(c1)CCCC2)C1CCCCC1. The van der Waals surface area contributed by atoms with E-state index >= 15 is 0 Å². The summed E-state index contributed by atoms with van der Waals surface area (Å²) in [4.78, 5) is 12.4. The number of hydrogen-bond donors (Lipinski definition) is 2. The number of benzene rings is 1. The van der Waals surface area contributed by atoms with Gasteiger partial charge in [-0.3, -0.25) is 4.79 Å². The van der Waals surface area contributed by atoms with Crippen molar-refractivity contribution >= 4 is 5.91 Å². The molecule has 0 radical (unpaired) electrons. The fourth-order valence-corrected chi connectivity index (χ4v) is 4.25. The van der Waals surface area contributed by atoms with Crippen LogP contribution in [-0.2, 0) is 24.1 Å². The fourth-order valence-electron chi connectivity index (χ4n) is 4.25. The summed E-state index contributed by atoms with van der Waals surface area (Å²) < 4.78 is 0. The Labute approximate surface area is 140 Å². The van der Waals surface area contributed by atoms with Crippen molar-refractivity contribution in [3.05, 3.63) is 34.9 Å². The van der Waals surface area contributed by atoms with E-state index < -0.39 is 0 Å². The number of nitrogens with one attached hydrogen (secondary N) is 1. The quantitative estimate of drug-likeness (QED) is 0.877. The Balaban J connectivity index is 1.57. The van der Waals surface area contributed by atoms with E-state index in [1.165, 1.54) is 62.5 Å². The summed E-state index contributed by atoms with van der Waals surface area (Å²) in [6.07, 6.45) is 11.7. The molecule has 3 nitrogen and oxygen atoms in total. The van der Waals surface area contributed by atoms with Gasteiger partial charge in [-0.15, -0.1) is 0 Å². The van der Waals surface area contributed by atoms with Gasteiger partial charge in [0, 0.05) is 12.6 Å². The molecule has 3 N–H and O–H groups in total. The molecule has 0 aliphatic heterocycles. The molecule has 0 spiro atoms. The highest BCUT2D eigenvalue weighted by Gasteiger charge is 2.24. The highest BCUT2D eigenvalue weighted by Crippen LogP contribution is 2.26. The molecular formula is C20H30N2O. The van der Waals surface area contributed by atoms with Gasteiger partial charge in [-0.05, 0) is 61.1 Å². The maximum atomic E-state index is 12.4. The summed E-state index contributed by atoms with van der Waals surface area (Å²) in [5.74, 6) is 0.697. The summed E-state index contributed by atoms with van der Waals surface area (Å²) in [7, 11) is 0. The number of amides is 1. The number of nitrogens with two attached hydrogens (primary N) is 1. The fraction of sp³-hybridized carbons (Fsp3) is 0.650. The van der Waals surface area contributed by atoms with E-state index in [1.54, 1.807) is 0 Å². The van der Waals surface area contributed by atoms with Crippen LogP contribution in [0.3, 0.4) is 0 Å². The highest BCUT2D eigenvalue weighted by molar-refractivity contribution is 5.79. The first-order valence-corrected chi connectivity index (χ1v) is 9.36. The molecule has 0 aromatic heterocycles. The van der Waals surface area contributed by atoms with Crippen molar-refractivity contribution < 1.29 is 4.79 Å². The van der Waals surface area contributed by atoms with Crippen LogP contribution in [0.15, 0.2) is 18.2 Å². The molecule has 2 aliphatic rings. The second kappa shape index (κ2) is 7.96. The van der Waals surface area contributed by atoms with E-state index in [4.69, 9.17) is 5.73 Å². The molecule has 126 valence electrons. The number of carbonyl (C=O) groups excluding carboxylic acids is 1. The van der Waals surface area contributed by atoms with Gasteiger partial charge in [0.15, 0.2) is 0 Å². The molecule has 2 aliphatic carbocycles. The molecule has 1 atom stereocenters. The first-order chi connectivity index (χ1) is 11.3. The molecule has 1 amide bonds. The lowest BCUT2D eigenvalue weighted by molar-refractivity contribution is -0.121. The van der Waals surface area contributed by atoms with Gasteiger partial charge in [0.25, 0.3) is 0 Å². The minimum atomic E-state index is 0.127. The van der Waals surface area contributed by atoms with Crippen LogP contribution in [0, 0.1) is 5.92 Å². The van der Waals surface area contributed by atoms with Crippen LogP contribution in [0.4, 0.5) is 0 Å². The smallest absolute Gasteiger partial charge is 0.224 e. The predicted octanol–water partition coefficient (Wildman–Crippen LogP) is 3.13. The van der Waals surface area contributed by atoms with Crippen LogP contribution in [0.5, 0.6) is 0 Å². The second-order valence-electron chi connectivity index (χ2n) is 7.29. The number of carbonyl (C=O) groups is 1. The van der Waals surface area contributed by atoms with E-state index in [9.17, 15) is 4.79 Å². The third-order valence-electron chi connectivity index (χ3n) is 5.60. The average Bonchev–Trinajstić information content (AvgIpc) is 2.60. The molecule has 0 saturated heterocycles. The van der Waals surface area contributed by atoms with E-state index in [2.05, 4.69) is 23.5 Å². The lowest BCUT2D eigenvalue weighted by Crippen LogP contribution is -2.46. The molecule has 1 fully saturated rings. The Morgan fingerprint density at radius 3 is 2.57 bits per heavy atom. The molecule has 23 heavy (non-hydrogen) atoms. The molecule has 1 aromatic carbocycles. The average molecular weight is 314 g/mol. The van der Waals surface area contributed by atoms with Gasteiger partial charge in [0.1, 0.15) is 0 Å². The van der Waals surface area contributed by atoms with Gasteiger partial charge >= 0.3 is 0 Å². The molecular weight excluding hydrogens is 284 g/mol. The molecule has 1 saturated carbocycles. The van der Waals surface area contributed by atoms with Crippen molar-refractivity contribution in [3.63, 3.8) is 0 Å². The van der Waals surface area contributed by atoms with E-state index in [-0.39, 0.29) is 11.9 Å². The highest BCUT2D eigenvalue weighted by atomic mass is 16.1. The summed E-state index contributed by atoms with van der Waals surface area (Å²) >= 11 is 0. The van der Waals surface area contributed by atoms with E-state index in [0.29, 0.717) is 18.9 Å². The summed E-state index contributed by atoms with van der Waals surface area (Å²) in [6.45, 7) is 0.556. The predicted molar refractivity (Wildman–Crippen MR) is 94.3 cm³/mol. The van der Waals surface area contributed by atoms with Crippen LogP contribution in [-0.4, -0.2) is 18.5 Å². The number of aryl methyl sites for hydroxylation is 2. The third-order valence-corrected chi connectivity index (χ3v) is 5.60. The van der Waals surface area contributed by atoms with Gasteiger partial charge in [0.05, 0.1) is 6.42 Å². The maximum absolute atomic E-state index is 12.4. The van der Waals surface area contributed by atoms with Gasteiger partial charge in [0.2, 0.25) is 5.91 Å². The van der Waals surface area contributed by atoms with Crippen LogP contribution in [0.2, 0.25) is 0 Å². The van der Waals surface area contributed by atoms with Crippen molar-refractivity contribution in [3.8, 4) is 0 Å². The largest absolute Gasteiger partial charge is 0.352 e. The molecule has 3 heteroatoms. The molecule has 0 unspecified atom stereocenters. The summed E-state index contributed by atoms with van der Waals surface area (Å²) in [5, 5.41) is 3.20. The number of fused-ring (bicyclic) bond motifs is 1. The monoisotopic (exact) mass is 314 g/mol. The Bertz CT molecular complexity index is 534. The van der Waals surface area contributed by atoms with Crippen molar-refractivity contribution in [1.29, 1.82) is 0 Å². The lowest BCUT2D eigenvalue weighted by Gasteiger charge is -2.30. The zero-order valence-electron chi connectivity index (χ0n) is 14.2. The van der Waals surface area contributed by atoms with Gasteiger partial charge < -0.3 is 11.1 Å². The molecule has 0 bridgehead atoms. The van der Waals surface area contributed by atoms with E-state index in [0.717, 1.165) is 12.0 Å². The first kappa shape index (κ1) is 16.5. The maximum Gasteiger partial charge on any atom is 0.224 e. The molecule has 1 aromatic rings. The van der Waals surface area contributed by atoms with Crippen molar-refractivity contribution in [2.45, 2.75) is 70.3 Å². The standard InChI is InChI=1S/C20H30N2O/c21-14-19(17-7-2-1-3-8-17)22-20(23)13-15-10-11-16-6-4-5-9-18(16)12-15/h10-12,17,19H,1-9,13-14,21H2,(H,22,23)/t19-/m0/s1.